The Hall–Kier alpha value is -3.43. The molecule has 0 aliphatic rings. The number of furan rings is 1. The summed E-state index contributed by atoms with van der Waals surface area (Å²) in [5.74, 6) is -0.0628. The van der Waals surface area contributed by atoms with Gasteiger partial charge in [0.05, 0.1) is 17.7 Å². The number of benzene rings is 2. The van der Waals surface area contributed by atoms with E-state index in [-0.39, 0.29) is 23.3 Å². The fraction of sp³-hybridized carbons (Fsp3) is 0.143. The maximum absolute atomic E-state index is 12.5. The van der Waals surface area contributed by atoms with Crippen LogP contribution in [0.1, 0.15) is 28.6 Å². The number of carbonyl (C=O) groups is 2. The second kappa shape index (κ2) is 8.93. The van der Waals surface area contributed by atoms with Crippen LogP contribution in [0.4, 0.5) is 11.4 Å². The number of amides is 2. The number of rotatable bonds is 7. The summed E-state index contributed by atoms with van der Waals surface area (Å²) in [4.78, 5) is 23.7. The minimum atomic E-state index is -3.73. The van der Waals surface area contributed by atoms with Gasteiger partial charge >= 0.3 is 0 Å². The van der Waals surface area contributed by atoms with E-state index >= 15 is 0 Å². The summed E-state index contributed by atoms with van der Waals surface area (Å²) in [5.41, 5.74) is 2.33. The van der Waals surface area contributed by atoms with E-state index in [1.807, 2.05) is 6.92 Å². The molecule has 156 valence electrons. The van der Waals surface area contributed by atoms with Crippen molar-refractivity contribution in [1.82, 2.24) is 4.72 Å². The Morgan fingerprint density at radius 3 is 2.33 bits per heavy atom. The van der Waals surface area contributed by atoms with Gasteiger partial charge in [-0.1, -0.05) is 0 Å². The summed E-state index contributed by atoms with van der Waals surface area (Å²) in [5, 5.41) is 5.46. The van der Waals surface area contributed by atoms with E-state index in [1.165, 1.54) is 37.5 Å². The maximum atomic E-state index is 12.5. The van der Waals surface area contributed by atoms with Gasteiger partial charge in [0.15, 0.2) is 0 Å². The zero-order valence-electron chi connectivity index (χ0n) is 16.4. The van der Waals surface area contributed by atoms with Crippen LogP contribution in [-0.4, -0.2) is 20.2 Å². The molecule has 0 aliphatic carbocycles. The number of nitrogens with one attached hydrogen (secondary N) is 3. The molecule has 3 aromatic rings. The van der Waals surface area contributed by atoms with Gasteiger partial charge in [-0.3, -0.25) is 9.59 Å². The third-order valence-corrected chi connectivity index (χ3v) is 5.66. The summed E-state index contributed by atoms with van der Waals surface area (Å²) in [6.45, 7) is 3.27. The first-order valence-electron chi connectivity index (χ1n) is 9.06. The number of sulfonamides is 1. The van der Waals surface area contributed by atoms with Crippen LogP contribution in [0, 0.1) is 6.92 Å². The van der Waals surface area contributed by atoms with Crippen molar-refractivity contribution in [1.29, 1.82) is 0 Å². The van der Waals surface area contributed by atoms with E-state index in [4.69, 9.17) is 4.42 Å². The lowest BCUT2D eigenvalue weighted by molar-refractivity contribution is -0.114. The van der Waals surface area contributed by atoms with Gasteiger partial charge in [-0.2, -0.15) is 0 Å². The van der Waals surface area contributed by atoms with Crippen LogP contribution < -0.4 is 15.4 Å². The predicted molar refractivity (Wildman–Crippen MR) is 113 cm³/mol. The zero-order valence-corrected chi connectivity index (χ0v) is 17.2. The van der Waals surface area contributed by atoms with Crippen molar-refractivity contribution in [2.24, 2.45) is 0 Å². The van der Waals surface area contributed by atoms with Gasteiger partial charge in [-0.25, -0.2) is 13.1 Å². The molecule has 0 atom stereocenters. The quantitative estimate of drug-likeness (QED) is 0.535. The highest BCUT2D eigenvalue weighted by molar-refractivity contribution is 7.89. The fourth-order valence-corrected chi connectivity index (χ4v) is 3.72. The molecule has 0 aliphatic heterocycles. The van der Waals surface area contributed by atoms with Gasteiger partial charge < -0.3 is 15.1 Å². The SMILES string of the molecule is CC(=O)Nc1ccc(NC(=O)c2ccc(S(=O)(=O)NCc3ccco3)cc2)cc1C. The van der Waals surface area contributed by atoms with Crippen LogP contribution in [0.5, 0.6) is 0 Å². The summed E-state index contributed by atoms with van der Waals surface area (Å²) in [6.07, 6.45) is 1.46. The molecule has 3 rings (SSSR count). The molecule has 0 saturated heterocycles. The van der Waals surface area contributed by atoms with E-state index < -0.39 is 10.0 Å². The first-order chi connectivity index (χ1) is 14.2. The lowest BCUT2D eigenvalue weighted by Crippen LogP contribution is -2.23. The van der Waals surface area contributed by atoms with Crippen LogP contribution in [0.15, 0.2) is 70.2 Å². The molecule has 8 nitrogen and oxygen atoms in total. The normalized spacial score (nSPS) is 11.1. The molecule has 0 bridgehead atoms. The summed E-state index contributed by atoms with van der Waals surface area (Å²) in [6, 6.07) is 14.1. The van der Waals surface area contributed by atoms with Crippen molar-refractivity contribution < 1.29 is 22.4 Å². The van der Waals surface area contributed by atoms with Crippen molar-refractivity contribution in [2.45, 2.75) is 25.3 Å². The predicted octanol–water partition coefficient (Wildman–Crippen LogP) is 3.28. The van der Waals surface area contributed by atoms with E-state index in [1.54, 1.807) is 30.3 Å². The lowest BCUT2D eigenvalue weighted by Gasteiger charge is -2.11. The van der Waals surface area contributed by atoms with Gasteiger partial charge in [0, 0.05) is 23.9 Å². The van der Waals surface area contributed by atoms with Crippen LogP contribution in [0.2, 0.25) is 0 Å². The van der Waals surface area contributed by atoms with E-state index in [0.717, 1.165) is 5.56 Å². The second-order valence-corrected chi connectivity index (χ2v) is 8.36. The smallest absolute Gasteiger partial charge is 0.255 e. The topological polar surface area (TPSA) is 118 Å². The number of aryl methyl sites for hydroxylation is 1. The molecule has 3 N–H and O–H groups in total. The molecule has 0 unspecified atom stereocenters. The average molecular weight is 427 g/mol. The van der Waals surface area contributed by atoms with Crippen molar-refractivity contribution in [3.63, 3.8) is 0 Å². The van der Waals surface area contributed by atoms with Crippen molar-refractivity contribution in [3.8, 4) is 0 Å². The molecule has 0 spiro atoms. The lowest BCUT2D eigenvalue weighted by atomic mass is 10.1. The van der Waals surface area contributed by atoms with Crippen LogP contribution in [0.25, 0.3) is 0 Å². The molecule has 0 fully saturated rings. The molecule has 2 amide bonds. The van der Waals surface area contributed by atoms with Crippen molar-refractivity contribution in [2.75, 3.05) is 10.6 Å². The molecule has 2 aromatic carbocycles. The Balaban J connectivity index is 1.66. The van der Waals surface area contributed by atoms with Gasteiger partial charge in [-0.15, -0.1) is 0 Å². The summed E-state index contributed by atoms with van der Waals surface area (Å²) >= 11 is 0. The summed E-state index contributed by atoms with van der Waals surface area (Å²) < 4.78 is 32.3. The minimum absolute atomic E-state index is 0.0331. The second-order valence-electron chi connectivity index (χ2n) is 6.59. The zero-order chi connectivity index (χ0) is 21.7. The van der Waals surface area contributed by atoms with Crippen LogP contribution in [0.3, 0.4) is 0 Å². The molecule has 1 aromatic heterocycles. The Kier molecular flexibility index (Phi) is 6.34. The third kappa shape index (κ3) is 5.34. The Morgan fingerprint density at radius 1 is 1.00 bits per heavy atom. The van der Waals surface area contributed by atoms with Crippen LogP contribution in [-0.2, 0) is 21.4 Å². The highest BCUT2D eigenvalue weighted by Gasteiger charge is 2.15. The molecule has 0 saturated carbocycles. The van der Waals surface area contributed by atoms with Gasteiger partial charge in [0.1, 0.15) is 5.76 Å². The molecular formula is C21H21N3O5S. The summed E-state index contributed by atoms with van der Waals surface area (Å²) in [7, 11) is -3.73. The minimum Gasteiger partial charge on any atom is -0.468 e. The highest BCUT2D eigenvalue weighted by Crippen LogP contribution is 2.20. The average Bonchev–Trinajstić information content (AvgIpc) is 3.22. The molecule has 1 heterocycles. The molecule has 9 heteroatoms. The van der Waals surface area contributed by atoms with Gasteiger partial charge in [0.2, 0.25) is 15.9 Å². The number of carbonyl (C=O) groups excluding carboxylic acids is 2. The van der Waals surface area contributed by atoms with Crippen molar-refractivity contribution in [3.05, 3.63) is 77.7 Å². The Bertz CT molecular complexity index is 1150. The van der Waals surface area contributed by atoms with E-state index in [2.05, 4.69) is 15.4 Å². The van der Waals surface area contributed by atoms with Crippen LogP contribution >= 0.6 is 0 Å². The first-order valence-corrected chi connectivity index (χ1v) is 10.5. The first kappa shape index (κ1) is 21.3. The number of hydrogen-bond donors (Lipinski definition) is 3. The highest BCUT2D eigenvalue weighted by atomic mass is 32.2. The number of hydrogen-bond acceptors (Lipinski definition) is 5. The Morgan fingerprint density at radius 2 is 1.73 bits per heavy atom. The van der Waals surface area contributed by atoms with Crippen molar-refractivity contribution >= 4 is 33.2 Å². The maximum Gasteiger partial charge on any atom is 0.255 e. The van der Waals surface area contributed by atoms with Gasteiger partial charge in [0.25, 0.3) is 5.91 Å². The van der Waals surface area contributed by atoms with Gasteiger partial charge in [-0.05, 0) is 67.1 Å². The molecule has 30 heavy (non-hydrogen) atoms. The fourth-order valence-electron chi connectivity index (χ4n) is 2.72. The van der Waals surface area contributed by atoms with E-state index in [0.29, 0.717) is 22.7 Å². The molecular weight excluding hydrogens is 406 g/mol. The standard InChI is InChI=1S/C21H21N3O5S/c1-14-12-17(7-10-20(14)23-15(2)25)24-21(26)16-5-8-19(9-6-16)30(27,28)22-13-18-4-3-11-29-18/h3-12,22H,13H2,1-2H3,(H,23,25)(H,24,26). The monoisotopic (exact) mass is 427 g/mol. The molecule has 0 radical (unpaired) electrons. The van der Waals surface area contributed by atoms with E-state index in [9.17, 15) is 18.0 Å². The third-order valence-electron chi connectivity index (χ3n) is 4.24. The largest absolute Gasteiger partial charge is 0.468 e. The number of anilines is 2. The Labute approximate surface area is 174 Å².